The molecule has 7 nitrogen and oxygen atoms in total. The number of rotatable bonds is 3. The second kappa shape index (κ2) is 5.83. The highest BCUT2D eigenvalue weighted by Crippen LogP contribution is 2.36. The summed E-state index contributed by atoms with van der Waals surface area (Å²) < 4.78 is 1.18. The average Bonchev–Trinajstić information content (AvgIpc) is 2.93. The second-order valence-corrected chi connectivity index (χ2v) is 6.04. The van der Waals surface area contributed by atoms with Gasteiger partial charge in [0.05, 0.1) is 6.20 Å². The van der Waals surface area contributed by atoms with Gasteiger partial charge in [0.25, 0.3) is 5.91 Å². The molecule has 1 aromatic heterocycles. The number of hydrogen-bond acceptors (Lipinski definition) is 4. The van der Waals surface area contributed by atoms with Gasteiger partial charge in [0.2, 0.25) is 0 Å². The SMILES string of the molecule is O=C(O)Cn1cc(C(=O)N2CCC3CCCCC3C2)nn1. The number of carboxylic acid groups (broad SMARTS) is 1. The Kier molecular flexibility index (Phi) is 3.90. The van der Waals surface area contributed by atoms with E-state index >= 15 is 0 Å². The van der Waals surface area contributed by atoms with E-state index in [9.17, 15) is 9.59 Å². The maximum Gasteiger partial charge on any atom is 0.325 e. The summed E-state index contributed by atoms with van der Waals surface area (Å²) in [6, 6.07) is 0. The third-order valence-electron chi connectivity index (χ3n) is 4.63. The number of aliphatic carboxylic acids is 1. The van der Waals surface area contributed by atoms with Crippen molar-refractivity contribution in [3.63, 3.8) is 0 Å². The lowest BCUT2D eigenvalue weighted by atomic mass is 9.75. The fourth-order valence-electron chi connectivity index (χ4n) is 3.56. The number of fused-ring (bicyclic) bond motifs is 1. The summed E-state index contributed by atoms with van der Waals surface area (Å²) in [4.78, 5) is 24.9. The van der Waals surface area contributed by atoms with Crippen molar-refractivity contribution in [2.45, 2.75) is 38.6 Å². The van der Waals surface area contributed by atoms with Crippen LogP contribution in [0, 0.1) is 11.8 Å². The maximum absolute atomic E-state index is 12.4. The summed E-state index contributed by atoms with van der Waals surface area (Å²) in [6.45, 7) is 1.30. The fourth-order valence-corrected chi connectivity index (χ4v) is 3.56. The van der Waals surface area contributed by atoms with Crippen LogP contribution in [0.1, 0.15) is 42.6 Å². The molecule has 1 saturated carbocycles. The Morgan fingerprint density at radius 1 is 1.24 bits per heavy atom. The molecule has 0 spiro atoms. The predicted molar refractivity (Wildman–Crippen MR) is 73.6 cm³/mol. The minimum atomic E-state index is -0.998. The normalized spacial score (nSPS) is 25.4. The predicted octanol–water partition coefficient (Wildman–Crippen LogP) is 1.01. The van der Waals surface area contributed by atoms with Crippen molar-refractivity contribution in [2.75, 3.05) is 13.1 Å². The highest BCUT2D eigenvalue weighted by atomic mass is 16.4. The van der Waals surface area contributed by atoms with Crippen molar-refractivity contribution in [2.24, 2.45) is 11.8 Å². The second-order valence-electron chi connectivity index (χ2n) is 6.04. The van der Waals surface area contributed by atoms with Crippen LogP contribution in [0.3, 0.4) is 0 Å². The molecule has 3 rings (SSSR count). The number of amides is 1. The van der Waals surface area contributed by atoms with E-state index in [2.05, 4.69) is 10.3 Å². The van der Waals surface area contributed by atoms with E-state index in [0.29, 0.717) is 5.92 Å². The van der Waals surface area contributed by atoms with Gasteiger partial charge < -0.3 is 10.0 Å². The minimum Gasteiger partial charge on any atom is -0.480 e. The van der Waals surface area contributed by atoms with E-state index in [0.717, 1.165) is 25.4 Å². The number of likely N-dealkylation sites (tertiary alicyclic amines) is 1. The van der Waals surface area contributed by atoms with Crippen LogP contribution in [0.25, 0.3) is 0 Å². The Morgan fingerprint density at radius 3 is 2.76 bits per heavy atom. The standard InChI is InChI=1S/C14H20N4O3/c19-13(20)9-18-8-12(15-16-18)14(21)17-6-5-10-3-1-2-4-11(10)7-17/h8,10-11H,1-7,9H2,(H,19,20). The number of piperidine rings is 1. The molecular weight excluding hydrogens is 272 g/mol. The van der Waals surface area contributed by atoms with Crippen LogP contribution in [0.5, 0.6) is 0 Å². The molecule has 114 valence electrons. The average molecular weight is 292 g/mol. The van der Waals surface area contributed by atoms with Crippen LogP contribution in [-0.4, -0.2) is 50.0 Å². The lowest BCUT2D eigenvalue weighted by Crippen LogP contribution is -2.44. The molecule has 7 heteroatoms. The number of carbonyl (C=O) groups is 2. The molecule has 2 fully saturated rings. The smallest absolute Gasteiger partial charge is 0.325 e. The molecule has 1 aromatic rings. The third-order valence-corrected chi connectivity index (χ3v) is 4.63. The first kappa shape index (κ1) is 14.0. The van der Waals surface area contributed by atoms with Crippen molar-refractivity contribution >= 4 is 11.9 Å². The summed E-state index contributed by atoms with van der Waals surface area (Å²) in [5, 5.41) is 16.2. The van der Waals surface area contributed by atoms with E-state index in [1.54, 1.807) is 0 Å². The van der Waals surface area contributed by atoms with Crippen LogP contribution in [-0.2, 0) is 11.3 Å². The van der Waals surface area contributed by atoms with Gasteiger partial charge in [-0.3, -0.25) is 9.59 Å². The van der Waals surface area contributed by atoms with E-state index in [4.69, 9.17) is 5.11 Å². The lowest BCUT2D eigenvalue weighted by Gasteiger charge is -2.41. The van der Waals surface area contributed by atoms with Crippen LogP contribution < -0.4 is 0 Å². The van der Waals surface area contributed by atoms with Gasteiger partial charge in [-0.15, -0.1) is 5.10 Å². The zero-order valence-electron chi connectivity index (χ0n) is 11.9. The van der Waals surface area contributed by atoms with Gasteiger partial charge in [-0.2, -0.15) is 0 Å². The highest BCUT2D eigenvalue weighted by molar-refractivity contribution is 5.92. The van der Waals surface area contributed by atoms with Crippen molar-refractivity contribution < 1.29 is 14.7 Å². The number of carboxylic acids is 1. The Morgan fingerprint density at radius 2 is 2.00 bits per heavy atom. The molecule has 1 aliphatic carbocycles. The quantitative estimate of drug-likeness (QED) is 0.898. The van der Waals surface area contributed by atoms with Crippen LogP contribution in [0.4, 0.5) is 0 Å². The minimum absolute atomic E-state index is 0.129. The summed E-state index contributed by atoms with van der Waals surface area (Å²) in [7, 11) is 0. The summed E-state index contributed by atoms with van der Waals surface area (Å²) in [5.74, 6) is 0.258. The molecule has 0 radical (unpaired) electrons. The van der Waals surface area contributed by atoms with Gasteiger partial charge in [0.15, 0.2) is 5.69 Å². The molecule has 1 N–H and O–H groups in total. The first-order valence-electron chi connectivity index (χ1n) is 7.54. The zero-order chi connectivity index (χ0) is 14.8. The van der Waals surface area contributed by atoms with Gasteiger partial charge in [-0.05, 0) is 24.7 Å². The van der Waals surface area contributed by atoms with Gasteiger partial charge in [0, 0.05) is 13.1 Å². The molecule has 2 atom stereocenters. The lowest BCUT2D eigenvalue weighted by molar-refractivity contribution is -0.137. The highest BCUT2D eigenvalue weighted by Gasteiger charge is 2.33. The number of aromatic nitrogens is 3. The molecule has 2 aliphatic rings. The number of carbonyl (C=O) groups excluding carboxylic acids is 1. The largest absolute Gasteiger partial charge is 0.480 e. The zero-order valence-corrected chi connectivity index (χ0v) is 11.9. The molecular formula is C14H20N4O3. The first-order valence-corrected chi connectivity index (χ1v) is 7.54. The maximum atomic E-state index is 12.4. The van der Waals surface area contributed by atoms with Gasteiger partial charge >= 0.3 is 5.97 Å². The van der Waals surface area contributed by atoms with E-state index < -0.39 is 5.97 Å². The van der Waals surface area contributed by atoms with E-state index in [1.165, 1.54) is 36.6 Å². The Bertz CT molecular complexity index is 542. The molecule has 1 saturated heterocycles. The molecule has 0 aromatic carbocycles. The Hall–Kier alpha value is -1.92. The molecule has 21 heavy (non-hydrogen) atoms. The summed E-state index contributed by atoms with van der Waals surface area (Å²) >= 11 is 0. The topological polar surface area (TPSA) is 88.3 Å². The molecule has 2 unspecified atom stereocenters. The van der Waals surface area contributed by atoms with Crippen LogP contribution in [0.2, 0.25) is 0 Å². The molecule has 0 bridgehead atoms. The first-order chi connectivity index (χ1) is 10.1. The molecule has 1 amide bonds. The fraction of sp³-hybridized carbons (Fsp3) is 0.714. The monoisotopic (exact) mass is 292 g/mol. The summed E-state index contributed by atoms with van der Waals surface area (Å²) in [6.07, 6.45) is 7.57. The molecule has 2 heterocycles. The Balaban J connectivity index is 1.65. The van der Waals surface area contributed by atoms with Crippen molar-refractivity contribution in [1.29, 1.82) is 0 Å². The number of hydrogen-bond donors (Lipinski definition) is 1. The van der Waals surface area contributed by atoms with E-state index in [-0.39, 0.29) is 18.1 Å². The summed E-state index contributed by atoms with van der Waals surface area (Å²) in [5.41, 5.74) is 0.241. The molecule has 1 aliphatic heterocycles. The van der Waals surface area contributed by atoms with Crippen molar-refractivity contribution in [3.8, 4) is 0 Å². The number of nitrogens with zero attached hydrogens (tertiary/aromatic N) is 4. The third kappa shape index (κ3) is 3.06. The van der Waals surface area contributed by atoms with E-state index in [1.807, 2.05) is 4.90 Å². The van der Waals surface area contributed by atoms with Crippen LogP contribution >= 0.6 is 0 Å². The van der Waals surface area contributed by atoms with Gasteiger partial charge in [0.1, 0.15) is 6.54 Å². The van der Waals surface area contributed by atoms with Crippen LogP contribution in [0.15, 0.2) is 6.20 Å². The van der Waals surface area contributed by atoms with Crippen molar-refractivity contribution in [1.82, 2.24) is 19.9 Å². The van der Waals surface area contributed by atoms with Crippen molar-refractivity contribution in [3.05, 3.63) is 11.9 Å². The van der Waals surface area contributed by atoms with Gasteiger partial charge in [-0.25, -0.2) is 4.68 Å². The van der Waals surface area contributed by atoms with Gasteiger partial charge in [-0.1, -0.05) is 24.5 Å². The Labute approximate surface area is 122 Å².